The van der Waals surface area contributed by atoms with Gasteiger partial charge in [0.05, 0.1) is 5.39 Å². The van der Waals surface area contributed by atoms with Crippen LogP contribution in [0.4, 0.5) is 5.82 Å². The SMILES string of the molecule is CCc1cc2c(NC)nc(Cl)nc2s1. The molecule has 0 saturated carbocycles. The molecule has 0 aliphatic carbocycles. The lowest BCUT2D eigenvalue weighted by Crippen LogP contribution is -1.94. The molecule has 2 heterocycles. The topological polar surface area (TPSA) is 37.8 Å². The summed E-state index contributed by atoms with van der Waals surface area (Å²) >= 11 is 7.46. The fraction of sp³-hybridized carbons (Fsp3) is 0.333. The van der Waals surface area contributed by atoms with Gasteiger partial charge in [-0.05, 0) is 24.1 Å². The minimum Gasteiger partial charge on any atom is -0.372 e. The van der Waals surface area contributed by atoms with Gasteiger partial charge in [0.1, 0.15) is 10.6 Å². The zero-order valence-corrected chi connectivity index (χ0v) is 9.54. The number of thiophene rings is 1. The Morgan fingerprint density at radius 2 is 2.29 bits per heavy atom. The third-order valence-electron chi connectivity index (χ3n) is 2.00. The van der Waals surface area contributed by atoms with Gasteiger partial charge in [-0.15, -0.1) is 11.3 Å². The van der Waals surface area contributed by atoms with E-state index >= 15 is 0 Å². The first-order chi connectivity index (χ1) is 6.74. The van der Waals surface area contributed by atoms with E-state index in [0.717, 1.165) is 22.5 Å². The largest absolute Gasteiger partial charge is 0.372 e. The molecule has 5 heteroatoms. The average molecular weight is 228 g/mol. The van der Waals surface area contributed by atoms with Crippen LogP contribution >= 0.6 is 22.9 Å². The Labute approximate surface area is 91.1 Å². The van der Waals surface area contributed by atoms with Gasteiger partial charge in [-0.3, -0.25) is 0 Å². The molecule has 0 amide bonds. The van der Waals surface area contributed by atoms with Gasteiger partial charge in [-0.2, -0.15) is 0 Å². The van der Waals surface area contributed by atoms with Crippen LogP contribution in [0.1, 0.15) is 11.8 Å². The number of hydrogen-bond acceptors (Lipinski definition) is 4. The van der Waals surface area contributed by atoms with Gasteiger partial charge < -0.3 is 5.32 Å². The Morgan fingerprint density at radius 3 is 2.93 bits per heavy atom. The van der Waals surface area contributed by atoms with Crippen LogP contribution in [0.25, 0.3) is 10.2 Å². The lowest BCUT2D eigenvalue weighted by molar-refractivity contribution is 1.19. The molecule has 0 aliphatic heterocycles. The third kappa shape index (κ3) is 1.55. The van der Waals surface area contributed by atoms with E-state index in [0.29, 0.717) is 5.28 Å². The molecule has 14 heavy (non-hydrogen) atoms. The van der Waals surface area contributed by atoms with Gasteiger partial charge in [0.15, 0.2) is 0 Å². The number of halogens is 1. The van der Waals surface area contributed by atoms with Crippen LogP contribution in [0.2, 0.25) is 5.28 Å². The van der Waals surface area contributed by atoms with Gasteiger partial charge in [0.25, 0.3) is 0 Å². The molecule has 0 saturated heterocycles. The van der Waals surface area contributed by atoms with Crippen molar-refractivity contribution in [3.8, 4) is 0 Å². The molecule has 74 valence electrons. The van der Waals surface area contributed by atoms with E-state index in [-0.39, 0.29) is 0 Å². The molecule has 2 aromatic heterocycles. The van der Waals surface area contributed by atoms with E-state index in [1.807, 2.05) is 7.05 Å². The first-order valence-corrected chi connectivity index (χ1v) is 5.57. The predicted octanol–water partition coefficient (Wildman–Crippen LogP) is 2.95. The highest BCUT2D eigenvalue weighted by Crippen LogP contribution is 2.29. The van der Waals surface area contributed by atoms with Gasteiger partial charge >= 0.3 is 0 Å². The van der Waals surface area contributed by atoms with Gasteiger partial charge in [0.2, 0.25) is 5.28 Å². The van der Waals surface area contributed by atoms with Crippen molar-refractivity contribution in [2.75, 3.05) is 12.4 Å². The minimum absolute atomic E-state index is 0.298. The summed E-state index contributed by atoms with van der Waals surface area (Å²) in [6.45, 7) is 2.12. The van der Waals surface area contributed by atoms with Crippen LogP contribution in [0.15, 0.2) is 6.07 Å². The highest BCUT2D eigenvalue weighted by Gasteiger charge is 2.08. The van der Waals surface area contributed by atoms with Crippen molar-refractivity contribution in [3.05, 3.63) is 16.2 Å². The summed E-state index contributed by atoms with van der Waals surface area (Å²) in [6, 6.07) is 2.11. The van der Waals surface area contributed by atoms with Crippen molar-refractivity contribution in [2.24, 2.45) is 0 Å². The van der Waals surface area contributed by atoms with Crippen LogP contribution in [-0.2, 0) is 6.42 Å². The summed E-state index contributed by atoms with van der Waals surface area (Å²) in [7, 11) is 1.83. The average Bonchev–Trinajstić information content (AvgIpc) is 2.59. The highest BCUT2D eigenvalue weighted by atomic mass is 35.5. The molecule has 0 aliphatic rings. The van der Waals surface area contributed by atoms with Crippen LogP contribution in [0.3, 0.4) is 0 Å². The molecular formula is C9H10ClN3S. The Hall–Kier alpha value is -0.870. The van der Waals surface area contributed by atoms with Crippen molar-refractivity contribution in [3.63, 3.8) is 0 Å². The van der Waals surface area contributed by atoms with Crippen LogP contribution in [0, 0.1) is 0 Å². The summed E-state index contributed by atoms with van der Waals surface area (Å²) in [6.07, 6.45) is 1.02. The van der Waals surface area contributed by atoms with Crippen LogP contribution < -0.4 is 5.32 Å². The lowest BCUT2D eigenvalue weighted by Gasteiger charge is -1.99. The molecular weight excluding hydrogens is 218 g/mol. The van der Waals surface area contributed by atoms with Gasteiger partial charge in [-0.25, -0.2) is 9.97 Å². The zero-order chi connectivity index (χ0) is 10.1. The van der Waals surface area contributed by atoms with Crippen molar-refractivity contribution in [1.29, 1.82) is 0 Å². The molecule has 0 radical (unpaired) electrons. The third-order valence-corrected chi connectivity index (χ3v) is 3.34. The molecule has 2 aromatic rings. The number of aryl methyl sites for hydroxylation is 1. The number of hydrogen-bond donors (Lipinski definition) is 1. The number of aromatic nitrogens is 2. The molecule has 1 N–H and O–H groups in total. The smallest absolute Gasteiger partial charge is 0.225 e. The second kappa shape index (κ2) is 3.71. The normalized spacial score (nSPS) is 10.8. The molecule has 2 rings (SSSR count). The maximum absolute atomic E-state index is 5.80. The number of anilines is 1. The number of fused-ring (bicyclic) bond motifs is 1. The zero-order valence-electron chi connectivity index (χ0n) is 7.97. The summed E-state index contributed by atoms with van der Waals surface area (Å²) in [4.78, 5) is 10.6. The summed E-state index contributed by atoms with van der Waals surface area (Å²) in [5.41, 5.74) is 0. The van der Waals surface area contributed by atoms with E-state index in [4.69, 9.17) is 11.6 Å². The Kier molecular flexibility index (Phi) is 2.56. The van der Waals surface area contributed by atoms with E-state index in [1.54, 1.807) is 11.3 Å². The summed E-state index contributed by atoms with van der Waals surface area (Å²) in [5.74, 6) is 0.802. The number of nitrogens with one attached hydrogen (secondary N) is 1. The summed E-state index contributed by atoms with van der Waals surface area (Å²) < 4.78 is 0. The fourth-order valence-electron chi connectivity index (χ4n) is 1.31. The standard InChI is InChI=1S/C9H10ClN3S/c1-3-5-4-6-7(11-2)12-9(10)13-8(6)14-5/h4H,3H2,1-2H3,(H,11,12,13). The Bertz CT molecular complexity index is 466. The molecule has 0 spiro atoms. The number of rotatable bonds is 2. The molecule has 0 atom stereocenters. The van der Waals surface area contributed by atoms with Crippen molar-refractivity contribution >= 4 is 39.0 Å². The molecule has 3 nitrogen and oxygen atoms in total. The van der Waals surface area contributed by atoms with Crippen molar-refractivity contribution in [2.45, 2.75) is 13.3 Å². The second-order valence-corrected chi connectivity index (χ2v) is 4.33. The van der Waals surface area contributed by atoms with Gasteiger partial charge in [-0.1, -0.05) is 6.92 Å². The van der Waals surface area contributed by atoms with Crippen molar-refractivity contribution < 1.29 is 0 Å². The molecule has 0 aromatic carbocycles. The van der Waals surface area contributed by atoms with Gasteiger partial charge in [0, 0.05) is 11.9 Å². The quantitative estimate of drug-likeness (QED) is 0.802. The summed E-state index contributed by atoms with van der Waals surface area (Å²) in [5, 5.41) is 4.37. The fourth-order valence-corrected chi connectivity index (χ4v) is 2.50. The van der Waals surface area contributed by atoms with E-state index in [2.05, 4.69) is 28.3 Å². The monoisotopic (exact) mass is 227 g/mol. The highest BCUT2D eigenvalue weighted by molar-refractivity contribution is 7.18. The van der Waals surface area contributed by atoms with E-state index in [1.165, 1.54) is 4.88 Å². The maximum atomic E-state index is 5.80. The number of nitrogens with zero attached hydrogens (tertiary/aromatic N) is 2. The maximum Gasteiger partial charge on any atom is 0.225 e. The molecule has 0 unspecified atom stereocenters. The van der Waals surface area contributed by atoms with E-state index in [9.17, 15) is 0 Å². The molecule has 0 bridgehead atoms. The first kappa shape index (κ1) is 9.68. The Morgan fingerprint density at radius 1 is 1.50 bits per heavy atom. The Balaban J connectivity index is 2.71. The van der Waals surface area contributed by atoms with E-state index < -0.39 is 0 Å². The van der Waals surface area contributed by atoms with Crippen LogP contribution in [0.5, 0.6) is 0 Å². The van der Waals surface area contributed by atoms with Crippen LogP contribution in [-0.4, -0.2) is 17.0 Å². The minimum atomic E-state index is 0.298. The van der Waals surface area contributed by atoms with Crippen molar-refractivity contribution in [1.82, 2.24) is 9.97 Å². The second-order valence-electron chi connectivity index (χ2n) is 2.88. The molecule has 0 fully saturated rings. The predicted molar refractivity (Wildman–Crippen MR) is 61.3 cm³/mol. The lowest BCUT2D eigenvalue weighted by atomic mass is 10.3. The first-order valence-electron chi connectivity index (χ1n) is 4.38.